The smallest absolute Gasteiger partial charge is 0.0782 e. The molecule has 3 heteroatoms. The van der Waals surface area contributed by atoms with Crippen LogP contribution in [0.4, 0.5) is 0 Å². The van der Waals surface area contributed by atoms with Crippen LogP contribution in [0.2, 0.25) is 0 Å². The van der Waals surface area contributed by atoms with Gasteiger partial charge in [-0.05, 0) is 54.6 Å². The van der Waals surface area contributed by atoms with E-state index in [-0.39, 0.29) is 0 Å². The van der Waals surface area contributed by atoms with Crippen molar-refractivity contribution in [3.05, 3.63) is 164 Å². The lowest BCUT2D eigenvalue weighted by Gasteiger charge is -2.14. The molecule has 45 heavy (non-hydrogen) atoms. The average Bonchev–Trinajstić information content (AvgIpc) is 3.75. The van der Waals surface area contributed by atoms with Gasteiger partial charge in [-0.3, -0.25) is 0 Å². The monoisotopic (exact) mass is 573 g/mol. The van der Waals surface area contributed by atoms with Crippen LogP contribution < -0.4 is 0 Å². The van der Waals surface area contributed by atoms with Crippen molar-refractivity contribution >= 4 is 65.4 Å². The number of hydrogen-bond donors (Lipinski definition) is 0. The highest BCUT2D eigenvalue weighted by atomic mass is 15.1. The molecule has 0 N–H and O–H groups in total. The summed E-state index contributed by atoms with van der Waals surface area (Å²) in [5.41, 5.74) is 10.8. The maximum absolute atomic E-state index is 2.48. The lowest BCUT2D eigenvalue weighted by molar-refractivity contribution is 1.13. The SMILES string of the molecule is c1ccc(-n2c3ccccc3c3cccc(-n4c5ccccc5c5c4ccc4c6ccccc6n(-c6ccccc6)c45)c32)cc1. The van der Waals surface area contributed by atoms with Gasteiger partial charge in [0.2, 0.25) is 0 Å². The molecule has 210 valence electrons. The van der Waals surface area contributed by atoms with Crippen LogP contribution in [0.1, 0.15) is 0 Å². The molecule has 0 saturated heterocycles. The summed E-state index contributed by atoms with van der Waals surface area (Å²) >= 11 is 0. The van der Waals surface area contributed by atoms with Crippen molar-refractivity contribution in [3.8, 4) is 17.1 Å². The third-order valence-electron chi connectivity index (χ3n) is 9.41. The van der Waals surface area contributed by atoms with Crippen LogP contribution in [0.5, 0.6) is 0 Å². The molecule has 10 rings (SSSR count). The van der Waals surface area contributed by atoms with Gasteiger partial charge in [-0.25, -0.2) is 0 Å². The van der Waals surface area contributed by atoms with Crippen molar-refractivity contribution in [1.82, 2.24) is 13.7 Å². The van der Waals surface area contributed by atoms with Gasteiger partial charge in [-0.15, -0.1) is 0 Å². The molecule has 0 bridgehead atoms. The van der Waals surface area contributed by atoms with Crippen molar-refractivity contribution in [2.75, 3.05) is 0 Å². The number of aromatic nitrogens is 3. The number of nitrogens with zero attached hydrogens (tertiary/aromatic N) is 3. The first kappa shape index (κ1) is 24.4. The van der Waals surface area contributed by atoms with Gasteiger partial charge in [0.15, 0.2) is 0 Å². The van der Waals surface area contributed by atoms with E-state index in [1.807, 2.05) is 0 Å². The Hall–Kier alpha value is -6.06. The van der Waals surface area contributed by atoms with Crippen LogP contribution in [-0.4, -0.2) is 13.7 Å². The molecule has 0 aliphatic heterocycles. The molecule has 7 aromatic carbocycles. The predicted molar refractivity (Wildman–Crippen MR) is 189 cm³/mol. The fourth-order valence-electron chi connectivity index (χ4n) is 7.64. The third kappa shape index (κ3) is 3.30. The Labute approximate surface area is 259 Å². The van der Waals surface area contributed by atoms with Gasteiger partial charge in [0.25, 0.3) is 0 Å². The van der Waals surface area contributed by atoms with Gasteiger partial charge in [-0.1, -0.05) is 109 Å². The summed E-state index contributed by atoms with van der Waals surface area (Å²) in [6, 6.07) is 59.3. The first-order valence-corrected chi connectivity index (χ1v) is 15.5. The van der Waals surface area contributed by atoms with Crippen molar-refractivity contribution in [2.45, 2.75) is 0 Å². The minimum absolute atomic E-state index is 1.16. The molecule has 3 heterocycles. The molecule has 3 nitrogen and oxygen atoms in total. The Kier molecular flexibility index (Phi) is 5.00. The van der Waals surface area contributed by atoms with Crippen LogP contribution in [0, 0.1) is 0 Å². The van der Waals surface area contributed by atoms with Gasteiger partial charge >= 0.3 is 0 Å². The third-order valence-corrected chi connectivity index (χ3v) is 9.41. The standard InChI is InChI=1S/C42H27N3/c1-3-14-28(15-4-1)43-35-22-10-7-18-30(35)32-21-13-25-39(41(32)43)45-37-24-12-9-20-34(37)40-38(45)27-26-33-31-19-8-11-23-36(31)44(42(33)40)29-16-5-2-6-17-29/h1-27H. The van der Waals surface area contributed by atoms with E-state index in [0.29, 0.717) is 0 Å². The van der Waals surface area contributed by atoms with Crippen LogP contribution >= 0.6 is 0 Å². The zero-order chi connectivity index (χ0) is 29.5. The molecule has 0 atom stereocenters. The summed E-state index contributed by atoms with van der Waals surface area (Å²) in [5.74, 6) is 0. The molecule has 0 saturated carbocycles. The normalized spacial score (nSPS) is 12.0. The van der Waals surface area contributed by atoms with E-state index in [1.54, 1.807) is 0 Å². The first-order valence-electron chi connectivity index (χ1n) is 15.5. The van der Waals surface area contributed by atoms with Gasteiger partial charge in [0, 0.05) is 43.7 Å². The second kappa shape index (κ2) is 9.22. The molecule has 0 unspecified atom stereocenters. The van der Waals surface area contributed by atoms with Crippen molar-refractivity contribution < 1.29 is 0 Å². The van der Waals surface area contributed by atoms with Crippen molar-refractivity contribution in [3.63, 3.8) is 0 Å². The molecule has 0 amide bonds. The number of hydrogen-bond acceptors (Lipinski definition) is 0. The van der Waals surface area contributed by atoms with Gasteiger partial charge < -0.3 is 13.7 Å². The summed E-state index contributed by atoms with van der Waals surface area (Å²) in [7, 11) is 0. The first-order chi connectivity index (χ1) is 22.4. The zero-order valence-corrected chi connectivity index (χ0v) is 24.4. The second-order valence-corrected chi connectivity index (χ2v) is 11.8. The summed E-state index contributed by atoms with van der Waals surface area (Å²) in [4.78, 5) is 0. The Morgan fingerprint density at radius 1 is 0.267 bits per heavy atom. The lowest BCUT2D eigenvalue weighted by atomic mass is 10.1. The lowest BCUT2D eigenvalue weighted by Crippen LogP contribution is -2.00. The molecule has 0 spiro atoms. The molecule has 0 fully saturated rings. The maximum Gasteiger partial charge on any atom is 0.0782 e. The highest BCUT2D eigenvalue weighted by Crippen LogP contribution is 2.44. The summed E-state index contributed by atoms with van der Waals surface area (Å²) in [5, 5.41) is 7.55. The molecule has 0 aliphatic carbocycles. The number of fused-ring (bicyclic) bond motifs is 10. The predicted octanol–water partition coefficient (Wildman–Crippen LogP) is 11.0. The Morgan fingerprint density at radius 2 is 0.733 bits per heavy atom. The zero-order valence-electron chi connectivity index (χ0n) is 24.4. The quantitative estimate of drug-likeness (QED) is 0.200. The van der Waals surface area contributed by atoms with Crippen LogP contribution in [0.3, 0.4) is 0 Å². The number of rotatable bonds is 3. The van der Waals surface area contributed by atoms with E-state index in [2.05, 4.69) is 177 Å². The van der Waals surface area contributed by atoms with E-state index >= 15 is 0 Å². The van der Waals surface area contributed by atoms with Crippen LogP contribution in [0.15, 0.2) is 164 Å². The molecular formula is C42H27N3. The fraction of sp³-hybridized carbons (Fsp3) is 0. The Bertz CT molecular complexity index is 2740. The van der Waals surface area contributed by atoms with E-state index < -0.39 is 0 Å². The molecular weight excluding hydrogens is 546 g/mol. The molecule has 0 radical (unpaired) electrons. The minimum Gasteiger partial charge on any atom is -0.309 e. The highest BCUT2D eigenvalue weighted by molar-refractivity contribution is 6.26. The van der Waals surface area contributed by atoms with Crippen LogP contribution in [-0.2, 0) is 0 Å². The fourth-order valence-corrected chi connectivity index (χ4v) is 7.64. The number of para-hydroxylation sites is 6. The highest BCUT2D eigenvalue weighted by Gasteiger charge is 2.23. The summed E-state index contributed by atoms with van der Waals surface area (Å²) in [6.07, 6.45) is 0. The summed E-state index contributed by atoms with van der Waals surface area (Å²) < 4.78 is 7.36. The summed E-state index contributed by atoms with van der Waals surface area (Å²) in [6.45, 7) is 0. The Balaban J connectivity index is 1.43. The average molecular weight is 574 g/mol. The topological polar surface area (TPSA) is 14.8 Å². The van der Waals surface area contributed by atoms with Gasteiger partial charge in [0.05, 0.1) is 38.8 Å². The molecule has 10 aromatic rings. The maximum atomic E-state index is 2.48. The van der Waals surface area contributed by atoms with E-state index in [4.69, 9.17) is 0 Å². The van der Waals surface area contributed by atoms with E-state index in [1.165, 1.54) is 76.8 Å². The van der Waals surface area contributed by atoms with E-state index in [0.717, 1.165) is 5.69 Å². The van der Waals surface area contributed by atoms with Crippen LogP contribution in [0.25, 0.3) is 82.5 Å². The van der Waals surface area contributed by atoms with Crippen molar-refractivity contribution in [1.29, 1.82) is 0 Å². The van der Waals surface area contributed by atoms with E-state index in [9.17, 15) is 0 Å². The van der Waals surface area contributed by atoms with Gasteiger partial charge in [-0.2, -0.15) is 0 Å². The van der Waals surface area contributed by atoms with Gasteiger partial charge in [0.1, 0.15) is 0 Å². The largest absolute Gasteiger partial charge is 0.309 e. The minimum atomic E-state index is 1.16. The number of benzene rings is 7. The second-order valence-electron chi connectivity index (χ2n) is 11.8. The van der Waals surface area contributed by atoms with Crippen molar-refractivity contribution in [2.24, 2.45) is 0 Å². The molecule has 3 aromatic heterocycles. The Morgan fingerprint density at radius 3 is 1.36 bits per heavy atom. The molecule has 0 aliphatic rings.